The quantitative estimate of drug-likeness (QED) is 0.695. The van der Waals surface area contributed by atoms with Gasteiger partial charge < -0.3 is 19.9 Å². The van der Waals surface area contributed by atoms with Crippen LogP contribution in [0.5, 0.6) is 0 Å². The van der Waals surface area contributed by atoms with Crippen LogP contribution in [-0.2, 0) is 14.3 Å². The zero-order valence-corrected chi connectivity index (χ0v) is 14.9. The number of piperazine rings is 1. The van der Waals surface area contributed by atoms with E-state index in [0.717, 1.165) is 39.3 Å². The number of carbonyl (C=O) groups is 2. The Morgan fingerprint density at radius 2 is 1.52 bits per heavy atom. The van der Waals surface area contributed by atoms with Crippen LogP contribution in [0.2, 0.25) is 0 Å². The Kier molecular flexibility index (Phi) is 8.57. The van der Waals surface area contributed by atoms with Gasteiger partial charge in [-0.15, -0.1) is 24.8 Å². The molecule has 0 atom stereocenters. The van der Waals surface area contributed by atoms with E-state index in [0.29, 0.717) is 32.8 Å². The SMILES string of the molecule is Cl.Cl.O=C(CN1CCN(C(=O)C2CNC2)CC1)N1CCOCC1. The van der Waals surface area contributed by atoms with Crippen LogP contribution in [0, 0.1) is 5.92 Å². The Bertz CT molecular complexity index is 395. The summed E-state index contributed by atoms with van der Waals surface area (Å²) in [5.74, 6) is 0.626. The molecule has 134 valence electrons. The van der Waals surface area contributed by atoms with Crippen molar-refractivity contribution in [2.45, 2.75) is 0 Å². The first-order valence-corrected chi connectivity index (χ1v) is 7.81. The number of morpholine rings is 1. The highest BCUT2D eigenvalue weighted by atomic mass is 35.5. The van der Waals surface area contributed by atoms with Gasteiger partial charge in [-0.1, -0.05) is 0 Å². The molecule has 0 spiro atoms. The molecule has 2 amide bonds. The number of ether oxygens (including phenoxy) is 1. The zero-order valence-electron chi connectivity index (χ0n) is 13.2. The van der Waals surface area contributed by atoms with Crippen molar-refractivity contribution < 1.29 is 14.3 Å². The van der Waals surface area contributed by atoms with Crippen molar-refractivity contribution >= 4 is 36.6 Å². The number of nitrogens with one attached hydrogen (secondary N) is 1. The molecule has 3 saturated heterocycles. The monoisotopic (exact) mass is 368 g/mol. The van der Waals surface area contributed by atoms with Crippen LogP contribution in [0.3, 0.4) is 0 Å². The van der Waals surface area contributed by atoms with E-state index in [1.165, 1.54) is 0 Å². The number of hydrogen-bond acceptors (Lipinski definition) is 5. The van der Waals surface area contributed by atoms with E-state index in [4.69, 9.17) is 4.74 Å². The fourth-order valence-electron chi connectivity index (χ4n) is 2.95. The van der Waals surface area contributed by atoms with Crippen LogP contribution in [0.15, 0.2) is 0 Å². The lowest BCUT2D eigenvalue weighted by molar-refractivity contribution is -0.140. The summed E-state index contributed by atoms with van der Waals surface area (Å²) in [4.78, 5) is 30.3. The third-order valence-electron chi connectivity index (χ3n) is 4.54. The van der Waals surface area contributed by atoms with Crippen LogP contribution in [0.4, 0.5) is 0 Å². The summed E-state index contributed by atoms with van der Waals surface area (Å²) in [6.07, 6.45) is 0. The normalized spacial score (nSPS) is 22.6. The van der Waals surface area contributed by atoms with E-state index >= 15 is 0 Å². The first-order valence-electron chi connectivity index (χ1n) is 7.81. The maximum Gasteiger partial charge on any atom is 0.236 e. The molecule has 3 heterocycles. The molecular formula is C14H26Cl2N4O3. The Morgan fingerprint density at radius 1 is 0.913 bits per heavy atom. The summed E-state index contributed by atoms with van der Waals surface area (Å²) in [5, 5.41) is 3.13. The lowest BCUT2D eigenvalue weighted by Crippen LogP contribution is -2.57. The second-order valence-electron chi connectivity index (χ2n) is 5.95. The highest BCUT2D eigenvalue weighted by molar-refractivity contribution is 5.85. The van der Waals surface area contributed by atoms with Crippen LogP contribution < -0.4 is 5.32 Å². The van der Waals surface area contributed by atoms with Gasteiger partial charge in [0.15, 0.2) is 0 Å². The van der Waals surface area contributed by atoms with Crippen molar-refractivity contribution in [1.82, 2.24) is 20.0 Å². The highest BCUT2D eigenvalue weighted by Gasteiger charge is 2.31. The van der Waals surface area contributed by atoms with Gasteiger partial charge in [0.05, 0.1) is 25.7 Å². The van der Waals surface area contributed by atoms with Crippen molar-refractivity contribution in [3.8, 4) is 0 Å². The van der Waals surface area contributed by atoms with E-state index in [1.807, 2.05) is 9.80 Å². The molecule has 0 aromatic carbocycles. The predicted molar refractivity (Wildman–Crippen MR) is 91.3 cm³/mol. The van der Waals surface area contributed by atoms with E-state index in [1.54, 1.807) is 0 Å². The van der Waals surface area contributed by atoms with E-state index in [9.17, 15) is 9.59 Å². The van der Waals surface area contributed by atoms with Crippen molar-refractivity contribution in [1.29, 1.82) is 0 Å². The topological polar surface area (TPSA) is 65.1 Å². The zero-order chi connectivity index (χ0) is 14.7. The third-order valence-corrected chi connectivity index (χ3v) is 4.54. The Balaban J connectivity index is 0.00000132. The van der Waals surface area contributed by atoms with Gasteiger partial charge in [-0.25, -0.2) is 0 Å². The van der Waals surface area contributed by atoms with Crippen LogP contribution in [-0.4, -0.2) is 98.6 Å². The number of carbonyl (C=O) groups excluding carboxylic acids is 2. The van der Waals surface area contributed by atoms with Gasteiger partial charge >= 0.3 is 0 Å². The van der Waals surface area contributed by atoms with Gasteiger partial charge in [0, 0.05) is 52.4 Å². The Morgan fingerprint density at radius 3 is 2.04 bits per heavy atom. The average Bonchev–Trinajstić information content (AvgIpc) is 2.47. The average molecular weight is 369 g/mol. The second-order valence-corrected chi connectivity index (χ2v) is 5.95. The minimum atomic E-state index is 0. The van der Waals surface area contributed by atoms with Crippen LogP contribution in [0.25, 0.3) is 0 Å². The molecule has 3 aliphatic heterocycles. The predicted octanol–water partition coefficient (Wildman–Crippen LogP) is -0.948. The molecule has 3 fully saturated rings. The van der Waals surface area contributed by atoms with Gasteiger partial charge in [-0.3, -0.25) is 14.5 Å². The molecule has 9 heteroatoms. The molecule has 0 radical (unpaired) electrons. The largest absolute Gasteiger partial charge is 0.378 e. The summed E-state index contributed by atoms with van der Waals surface area (Å²) in [6.45, 7) is 7.85. The molecule has 0 aromatic rings. The smallest absolute Gasteiger partial charge is 0.236 e. The fraction of sp³-hybridized carbons (Fsp3) is 0.857. The maximum atomic E-state index is 12.2. The van der Waals surface area contributed by atoms with E-state index < -0.39 is 0 Å². The van der Waals surface area contributed by atoms with Gasteiger partial charge in [0.25, 0.3) is 0 Å². The Labute approximate surface area is 149 Å². The summed E-state index contributed by atoms with van der Waals surface area (Å²) >= 11 is 0. The fourth-order valence-corrected chi connectivity index (χ4v) is 2.95. The first kappa shape index (κ1) is 20.4. The molecule has 23 heavy (non-hydrogen) atoms. The van der Waals surface area contributed by atoms with Crippen molar-refractivity contribution in [3.05, 3.63) is 0 Å². The minimum absolute atomic E-state index is 0. The molecule has 3 aliphatic rings. The summed E-state index contributed by atoms with van der Waals surface area (Å²) in [6, 6.07) is 0. The highest BCUT2D eigenvalue weighted by Crippen LogP contribution is 2.11. The van der Waals surface area contributed by atoms with Crippen molar-refractivity contribution in [3.63, 3.8) is 0 Å². The van der Waals surface area contributed by atoms with Crippen molar-refractivity contribution in [2.24, 2.45) is 5.92 Å². The van der Waals surface area contributed by atoms with Gasteiger partial charge in [0.1, 0.15) is 0 Å². The first-order chi connectivity index (χ1) is 10.2. The molecule has 7 nitrogen and oxygen atoms in total. The second kappa shape index (κ2) is 9.64. The minimum Gasteiger partial charge on any atom is -0.378 e. The Hall–Kier alpha value is -0.600. The van der Waals surface area contributed by atoms with Gasteiger partial charge in [-0.05, 0) is 0 Å². The molecule has 3 rings (SSSR count). The maximum absolute atomic E-state index is 12.2. The van der Waals surface area contributed by atoms with Gasteiger partial charge in [-0.2, -0.15) is 0 Å². The number of nitrogens with zero attached hydrogens (tertiary/aromatic N) is 3. The number of rotatable bonds is 3. The van der Waals surface area contributed by atoms with Crippen LogP contribution in [0.1, 0.15) is 0 Å². The van der Waals surface area contributed by atoms with E-state index in [2.05, 4.69) is 10.2 Å². The molecule has 0 saturated carbocycles. The van der Waals surface area contributed by atoms with E-state index in [-0.39, 0.29) is 42.5 Å². The molecule has 1 N–H and O–H groups in total. The lowest BCUT2D eigenvalue weighted by atomic mass is 10.0. The van der Waals surface area contributed by atoms with Crippen LogP contribution >= 0.6 is 24.8 Å². The molecular weight excluding hydrogens is 343 g/mol. The lowest BCUT2D eigenvalue weighted by Gasteiger charge is -2.39. The molecule has 0 aromatic heterocycles. The number of amides is 2. The van der Waals surface area contributed by atoms with Gasteiger partial charge in [0.2, 0.25) is 11.8 Å². The number of hydrogen-bond donors (Lipinski definition) is 1. The van der Waals surface area contributed by atoms with Crippen molar-refractivity contribution in [2.75, 3.05) is 72.1 Å². The summed E-state index contributed by atoms with van der Waals surface area (Å²) in [5.41, 5.74) is 0. The molecule has 0 aliphatic carbocycles. The molecule has 0 unspecified atom stereocenters. The number of halogens is 2. The summed E-state index contributed by atoms with van der Waals surface area (Å²) in [7, 11) is 0. The molecule has 0 bridgehead atoms. The summed E-state index contributed by atoms with van der Waals surface area (Å²) < 4.78 is 5.26. The standard InChI is InChI=1S/C14H24N4O3.2ClH/c19-13(17-5-7-21-8-6-17)11-16-1-3-18(4-2-16)14(20)12-9-15-10-12;;/h12,15H,1-11H2;2*1H. The third kappa shape index (κ3) is 5.19.